The molecule has 1 heteroatoms. The minimum absolute atomic E-state index is 0.863. The second kappa shape index (κ2) is 8.51. The summed E-state index contributed by atoms with van der Waals surface area (Å²) in [6.07, 6.45) is 11.3. The number of hydrogen-bond acceptors (Lipinski definition) is 1. The summed E-state index contributed by atoms with van der Waals surface area (Å²) in [4.78, 5) is 2.63. The first kappa shape index (κ1) is 17.3. The lowest BCUT2D eigenvalue weighted by Gasteiger charge is -2.29. The molecule has 1 aliphatic heterocycles. The van der Waals surface area contributed by atoms with Gasteiger partial charge in [-0.3, -0.25) is 4.90 Å². The van der Waals surface area contributed by atoms with E-state index < -0.39 is 0 Å². The van der Waals surface area contributed by atoms with E-state index in [2.05, 4.69) is 77.7 Å². The Balaban J connectivity index is 1.25. The van der Waals surface area contributed by atoms with Crippen molar-refractivity contribution in [3.8, 4) is 0 Å². The maximum absolute atomic E-state index is 2.63. The van der Waals surface area contributed by atoms with Crippen LogP contribution in [-0.2, 0) is 0 Å². The topological polar surface area (TPSA) is 3.24 Å². The Bertz CT molecular complexity index is 690. The Hall–Kier alpha value is -2.12. The van der Waals surface area contributed by atoms with E-state index in [0.29, 0.717) is 0 Å². The molecule has 0 fully saturated rings. The van der Waals surface area contributed by atoms with Crippen LogP contribution in [0.5, 0.6) is 0 Å². The first-order valence-corrected chi connectivity index (χ1v) is 10.1. The first-order valence-electron chi connectivity index (χ1n) is 10.1. The normalized spacial score (nSPS) is 21.2. The molecule has 1 atom stereocenters. The third-order valence-corrected chi connectivity index (χ3v) is 5.96. The molecule has 0 bridgehead atoms. The monoisotopic (exact) mass is 343 g/mol. The van der Waals surface area contributed by atoms with Crippen molar-refractivity contribution in [2.24, 2.45) is 5.92 Å². The fourth-order valence-corrected chi connectivity index (χ4v) is 4.26. The minimum Gasteiger partial charge on any atom is -0.299 e. The molecule has 134 valence electrons. The molecule has 4 rings (SSSR count). The first-order chi connectivity index (χ1) is 12.9. The zero-order valence-electron chi connectivity index (χ0n) is 15.6. The smallest absolute Gasteiger partial charge is 0.0169 e. The van der Waals surface area contributed by atoms with Gasteiger partial charge in [0.05, 0.1) is 0 Å². The summed E-state index contributed by atoms with van der Waals surface area (Å²) in [6, 6.07) is 21.7. The van der Waals surface area contributed by atoms with Gasteiger partial charge in [0.1, 0.15) is 0 Å². The molecule has 1 unspecified atom stereocenters. The molecular formula is C25H29N. The van der Waals surface area contributed by atoms with E-state index >= 15 is 0 Å². The molecule has 0 saturated carbocycles. The summed E-state index contributed by atoms with van der Waals surface area (Å²) in [7, 11) is 0. The van der Waals surface area contributed by atoms with Gasteiger partial charge in [0.15, 0.2) is 0 Å². The molecule has 2 aromatic carbocycles. The van der Waals surface area contributed by atoms with Crippen LogP contribution in [0.1, 0.15) is 43.2 Å². The highest BCUT2D eigenvalue weighted by molar-refractivity contribution is 5.67. The van der Waals surface area contributed by atoms with Gasteiger partial charge in [0.2, 0.25) is 0 Å². The fourth-order valence-electron chi connectivity index (χ4n) is 4.26. The van der Waals surface area contributed by atoms with E-state index in [-0.39, 0.29) is 0 Å². The van der Waals surface area contributed by atoms with Crippen molar-refractivity contribution in [2.75, 3.05) is 19.6 Å². The minimum atomic E-state index is 0.863. The number of nitrogens with zero attached hydrogens (tertiary/aromatic N) is 1. The predicted octanol–water partition coefficient (Wildman–Crippen LogP) is 6.05. The summed E-state index contributed by atoms with van der Waals surface area (Å²) in [5.41, 5.74) is 5.89. The molecule has 1 nitrogen and oxygen atoms in total. The molecule has 26 heavy (non-hydrogen) atoms. The molecule has 0 radical (unpaired) electrons. The number of hydrogen-bond donors (Lipinski definition) is 0. The Morgan fingerprint density at radius 2 is 1.42 bits per heavy atom. The average molecular weight is 344 g/mol. The van der Waals surface area contributed by atoms with Crippen LogP contribution >= 0.6 is 0 Å². The van der Waals surface area contributed by atoms with Gasteiger partial charge in [0.25, 0.3) is 0 Å². The second-order valence-corrected chi connectivity index (χ2v) is 7.67. The van der Waals surface area contributed by atoms with Gasteiger partial charge in [-0.25, -0.2) is 0 Å². The number of allylic oxidation sites excluding steroid dienone is 2. The fraction of sp³-hybridized carbons (Fsp3) is 0.360. The molecule has 0 aromatic heterocycles. The van der Waals surface area contributed by atoms with E-state index in [1.54, 1.807) is 5.57 Å². The lowest BCUT2D eigenvalue weighted by Crippen LogP contribution is -2.30. The van der Waals surface area contributed by atoms with Gasteiger partial charge in [-0.05, 0) is 66.8 Å². The molecule has 1 aliphatic carbocycles. The Kier molecular flexibility index (Phi) is 5.66. The standard InChI is InChI=1S/C25H29N/c1-3-7-22(8-4-1)24-13-11-21(12-14-24)15-18-26-19-16-25(17-20-26)23-9-5-2-6-10-23/h1-10,13,16,21H,11-12,14-15,17-20H2. The summed E-state index contributed by atoms with van der Waals surface area (Å²) in [5.74, 6) is 0.863. The highest BCUT2D eigenvalue weighted by Gasteiger charge is 2.18. The predicted molar refractivity (Wildman–Crippen MR) is 112 cm³/mol. The highest BCUT2D eigenvalue weighted by atomic mass is 15.1. The van der Waals surface area contributed by atoms with Gasteiger partial charge >= 0.3 is 0 Å². The summed E-state index contributed by atoms with van der Waals surface area (Å²) < 4.78 is 0. The molecule has 0 spiro atoms. The molecular weight excluding hydrogens is 314 g/mol. The zero-order chi connectivity index (χ0) is 17.6. The SMILES string of the molecule is C1=C(c2ccccc2)CCC(CCN2CC=C(c3ccccc3)CC2)C1. The van der Waals surface area contributed by atoms with Crippen LogP contribution in [0.25, 0.3) is 11.1 Å². The average Bonchev–Trinajstić information content (AvgIpc) is 2.74. The molecule has 0 N–H and O–H groups in total. The van der Waals surface area contributed by atoms with Crippen molar-refractivity contribution in [2.45, 2.75) is 32.1 Å². The lowest BCUT2D eigenvalue weighted by molar-refractivity contribution is 0.268. The van der Waals surface area contributed by atoms with Gasteiger partial charge in [-0.1, -0.05) is 72.8 Å². The summed E-state index contributed by atoms with van der Waals surface area (Å²) in [5, 5.41) is 0. The maximum atomic E-state index is 2.63. The lowest BCUT2D eigenvalue weighted by atomic mass is 9.85. The number of rotatable bonds is 5. The third-order valence-electron chi connectivity index (χ3n) is 5.96. The zero-order valence-corrected chi connectivity index (χ0v) is 15.6. The third kappa shape index (κ3) is 4.34. The molecule has 2 aliphatic rings. The quantitative estimate of drug-likeness (QED) is 0.639. The molecule has 1 heterocycles. The second-order valence-electron chi connectivity index (χ2n) is 7.67. The van der Waals surface area contributed by atoms with Crippen LogP contribution in [0, 0.1) is 5.92 Å². The Labute approximate surface area is 158 Å². The van der Waals surface area contributed by atoms with Crippen LogP contribution in [-0.4, -0.2) is 24.5 Å². The van der Waals surface area contributed by atoms with Crippen LogP contribution < -0.4 is 0 Å². The summed E-state index contributed by atoms with van der Waals surface area (Å²) >= 11 is 0. The van der Waals surface area contributed by atoms with E-state index in [1.165, 1.54) is 61.9 Å². The van der Waals surface area contributed by atoms with E-state index in [1.807, 2.05) is 0 Å². The van der Waals surface area contributed by atoms with Crippen molar-refractivity contribution >= 4 is 11.1 Å². The van der Waals surface area contributed by atoms with Crippen molar-refractivity contribution < 1.29 is 0 Å². The maximum Gasteiger partial charge on any atom is 0.0169 e. The van der Waals surface area contributed by atoms with Gasteiger partial charge in [-0.15, -0.1) is 0 Å². The van der Waals surface area contributed by atoms with Crippen LogP contribution in [0.4, 0.5) is 0 Å². The van der Waals surface area contributed by atoms with E-state index in [4.69, 9.17) is 0 Å². The summed E-state index contributed by atoms with van der Waals surface area (Å²) in [6.45, 7) is 3.57. The van der Waals surface area contributed by atoms with Crippen LogP contribution in [0.3, 0.4) is 0 Å². The van der Waals surface area contributed by atoms with Crippen molar-refractivity contribution in [3.05, 3.63) is 83.9 Å². The largest absolute Gasteiger partial charge is 0.299 e. The van der Waals surface area contributed by atoms with Gasteiger partial charge in [-0.2, -0.15) is 0 Å². The Morgan fingerprint density at radius 1 is 0.769 bits per heavy atom. The van der Waals surface area contributed by atoms with E-state index in [9.17, 15) is 0 Å². The molecule has 0 amide bonds. The highest BCUT2D eigenvalue weighted by Crippen LogP contribution is 2.32. The van der Waals surface area contributed by atoms with Crippen molar-refractivity contribution in [3.63, 3.8) is 0 Å². The van der Waals surface area contributed by atoms with Gasteiger partial charge in [0, 0.05) is 13.1 Å². The molecule has 2 aromatic rings. The molecule has 0 saturated heterocycles. The van der Waals surface area contributed by atoms with Crippen molar-refractivity contribution in [1.82, 2.24) is 4.90 Å². The number of benzene rings is 2. The van der Waals surface area contributed by atoms with Crippen LogP contribution in [0.2, 0.25) is 0 Å². The van der Waals surface area contributed by atoms with Crippen LogP contribution in [0.15, 0.2) is 72.8 Å². The Morgan fingerprint density at radius 3 is 1.96 bits per heavy atom. The van der Waals surface area contributed by atoms with Gasteiger partial charge < -0.3 is 0 Å². The van der Waals surface area contributed by atoms with E-state index in [0.717, 1.165) is 12.5 Å². The van der Waals surface area contributed by atoms with Crippen molar-refractivity contribution in [1.29, 1.82) is 0 Å².